The number of sulfonamides is 1. The first-order valence-electron chi connectivity index (χ1n) is 9.57. The van der Waals surface area contributed by atoms with Gasteiger partial charge in [0.25, 0.3) is 5.56 Å². The van der Waals surface area contributed by atoms with Crippen LogP contribution in [0, 0.1) is 0 Å². The van der Waals surface area contributed by atoms with Crippen LogP contribution in [0.3, 0.4) is 0 Å². The molecule has 1 N–H and O–H groups in total. The molecular formula is C22H18N4O5S. The molecule has 0 bridgehead atoms. The zero-order valence-corrected chi connectivity index (χ0v) is 17.5. The Kier molecular flexibility index (Phi) is 6.06. The van der Waals surface area contributed by atoms with Crippen molar-refractivity contribution in [2.45, 2.75) is 18.2 Å². The van der Waals surface area contributed by atoms with Gasteiger partial charge in [-0.3, -0.25) is 4.79 Å². The largest absolute Gasteiger partial charge is 0.439 e. The van der Waals surface area contributed by atoms with Crippen molar-refractivity contribution in [3.63, 3.8) is 0 Å². The van der Waals surface area contributed by atoms with E-state index in [0.29, 0.717) is 10.9 Å². The Hall–Kier alpha value is -3.89. The molecule has 0 unspecified atom stereocenters. The van der Waals surface area contributed by atoms with Crippen LogP contribution in [0.2, 0.25) is 0 Å². The summed E-state index contributed by atoms with van der Waals surface area (Å²) in [4.78, 5) is 24.8. The lowest BCUT2D eigenvalue weighted by Gasteiger charge is -2.09. The Bertz CT molecular complexity index is 1440. The number of esters is 1. The van der Waals surface area contributed by atoms with Crippen molar-refractivity contribution in [1.82, 2.24) is 19.7 Å². The van der Waals surface area contributed by atoms with Crippen molar-refractivity contribution in [2.24, 2.45) is 0 Å². The number of aromatic nitrogens is 3. The summed E-state index contributed by atoms with van der Waals surface area (Å²) in [5.74, 6) is -0.799. The third kappa shape index (κ3) is 4.71. The average Bonchev–Trinajstić information content (AvgIpc) is 2.83. The van der Waals surface area contributed by atoms with Crippen LogP contribution in [0.4, 0.5) is 0 Å². The van der Waals surface area contributed by atoms with E-state index in [1.807, 2.05) is 18.2 Å². The van der Waals surface area contributed by atoms with Crippen LogP contribution in [0.25, 0.3) is 10.9 Å². The van der Waals surface area contributed by atoms with Crippen LogP contribution in [0.1, 0.15) is 15.9 Å². The normalized spacial score (nSPS) is 11.4. The van der Waals surface area contributed by atoms with Crippen LogP contribution in [-0.4, -0.2) is 29.4 Å². The zero-order chi connectivity index (χ0) is 22.6. The molecule has 0 spiro atoms. The Balaban J connectivity index is 1.46. The van der Waals surface area contributed by atoms with E-state index in [4.69, 9.17) is 4.74 Å². The number of hydrogen-bond acceptors (Lipinski definition) is 7. The first-order chi connectivity index (χ1) is 15.4. The van der Waals surface area contributed by atoms with Gasteiger partial charge in [-0.15, -0.1) is 5.10 Å². The average molecular weight is 450 g/mol. The van der Waals surface area contributed by atoms with Crippen LogP contribution in [0.15, 0.2) is 88.6 Å². The second-order valence-electron chi connectivity index (χ2n) is 6.81. The van der Waals surface area contributed by atoms with E-state index in [2.05, 4.69) is 15.0 Å². The maximum absolute atomic E-state index is 12.6. The summed E-state index contributed by atoms with van der Waals surface area (Å²) in [5, 5.41) is 8.02. The first kappa shape index (κ1) is 21.3. The Morgan fingerprint density at radius 1 is 0.969 bits per heavy atom. The van der Waals surface area contributed by atoms with E-state index >= 15 is 0 Å². The van der Waals surface area contributed by atoms with Gasteiger partial charge in [-0.1, -0.05) is 53.7 Å². The topological polar surface area (TPSA) is 120 Å². The van der Waals surface area contributed by atoms with Crippen molar-refractivity contribution < 1.29 is 17.9 Å². The first-order valence-corrected chi connectivity index (χ1v) is 11.1. The molecule has 4 rings (SSSR count). The summed E-state index contributed by atoms with van der Waals surface area (Å²) < 4.78 is 33.8. The van der Waals surface area contributed by atoms with E-state index in [1.165, 1.54) is 24.3 Å². The highest BCUT2D eigenvalue weighted by Gasteiger charge is 2.17. The van der Waals surface area contributed by atoms with E-state index in [0.717, 1.165) is 10.2 Å². The molecule has 10 heteroatoms. The highest BCUT2D eigenvalue weighted by Crippen LogP contribution is 2.13. The van der Waals surface area contributed by atoms with Gasteiger partial charge >= 0.3 is 5.97 Å². The molecule has 32 heavy (non-hydrogen) atoms. The number of carbonyl (C=O) groups is 1. The standard InChI is InChI=1S/C22H18N4O5S/c27-21-19-11-4-5-12-20(19)24-25-26(21)15-31-22(28)17-9-6-10-18(13-17)32(29,30)23-14-16-7-2-1-3-8-16/h1-13,23H,14-15H2. The molecule has 0 aliphatic rings. The molecule has 162 valence electrons. The number of rotatable bonds is 7. The molecule has 0 aliphatic heterocycles. The molecular weight excluding hydrogens is 432 g/mol. The number of benzene rings is 3. The maximum Gasteiger partial charge on any atom is 0.339 e. The quantitative estimate of drug-likeness (QED) is 0.428. The third-order valence-electron chi connectivity index (χ3n) is 4.64. The van der Waals surface area contributed by atoms with Gasteiger partial charge in [0.15, 0.2) is 6.73 Å². The van der Waals surface area contributed by atoms with E-state index < -0.39 is 28.3 Å². The minimum absolute atomic E-state index is 0.0226. The van der Waals surface area contributed by atoms with Gasteiger partial charge in [0.1, 0.15) is 5.52 Å². The highest BCUT2D eigenvalue weighted by molar-refractivity contribution is 7.89. The van der Waals surface area contributed by atoms with E-state index in [9.17, 15) is 18.0 Å². The minimum Gasteiger partial charge on any atom is -0.439 e. The molecule has 0 fully saturated rings. The summed E-state index contributed by atoms with van der Waals surface area (Å²) >= 11 is 0. The monoisotopic (exact) mass is 450 g/mol. The highest BCUT2D eigenvalue weighted by atomic mass is 32.2. The smallest absolute Gasteiger partial charge is 0.339 e. The summed E-state index contributed by atoms with van der Waals surface area (Å²) in [6, 6.07) is 21.2. The predicted octanol–water partition coefficient (Wildman–Crippen LogP) is 2.08. The summed E-state index contributed by atoms with van der Waals surface area (Å²) in [5.41, 5.74) is 0.800. The Morgan fingerprint density at radius 2 is 1.72 bits per heavy atom. The zero-order valence-electron chi connectivity index (χ0n) is 16.7. The van der Waals surface area contributed by atoms with Crippen LogP contribution >= 0.6 is 0 Å². The molecule has 0 atom stereocenters. The molecule has 3 aromatic carbocycles. The Morgan fingerprint density at radius 3 is 2.53 bits per heavy atom. The number of carbonyl (C=O) groups excluding carboxylic acids is 1. The molecule has 4 aromatic rings. The van der Waals surface area contributed by atoms with E-state index in [1.54, 1.807) is 36.4 Å². The third-order valence-corrected chi connectivity index (χ3v) is 6.04. The van der Waals surface area contributed by atoms with E-state index in [-0.39, 0.29) is 17.0 Å². The van der Waals surface area contributed by atoms with Crippen molar-refractivity contribution in [3.05, 3.63) is 100 Å². The van der Waals surface area contributed by atoms with Crippen molar-refractivity contribution in [3.8, 4) is 0 Å². The van der Waals surface area contributed by atoms with Gasteiger partial charge in [-0.25, -0.2) is 17.9 Å². The SMILES string of the molecule is O=C(OCn1nnc2ccccc2c1=O)c1cccc(S(=O)(=O)NCc2ccccc2)c1. The Labute approximate surface area is 183 Å². The van der Waals surface area contributed by atoms with Crippen molar-refractivity contribution in [2.75, 3.05) is 0 Å². The number of ether oxygens (including phenoxy) is 1. The predicted molar refractivity (Wildman–Crippen MR) is 116 cm³/mol. The summed E-state index contributed by atoms with van der Waals surface area (Å²) in [6.07, 6.45) is 0. The lowest BCUT2D eigenvalue weighted by Crippen LogP contribution is -2.26. The summed E-state index contributed by atoms with van der Waals surface area (Å²) in [6.45, 7) is -0.347. The van der Waals surface area contributed by atoms with Gasteiger partial charge in [0.05, 0.1) is 15.8 Å². The summed E-state index contributed by atoms with van der Waals surface area (Å²) in [7, 11) is -3.85. The molecule has 0 amide bonds. The van der Waals surface area contributed by atoms with Crippen molar-refractivity contribution >= 4 is 26.9 Å². The van der Waals surface area contributed by atoms with Crippen molar-refractivity contribution in [1.29, 1.82) is 0 Å². The fourth-order valence-electron chi connectivity index (χ4n) is 2.96. The van der Waals surface area contributed by atoms with Gasteiger partial charge in [0, 0.05) is 6.54 Å². The lowest BCUT2D eigenvalue weighted by molar-refractivity contribution is 0.0336. The van der Waals surface area contributed by atoms with Crippen LogP contribution in [-0.2, 0) is 28.0 Å². The molecule has 0 saturated carbocycles. The molecule has 1 aromatic heterocycles. The van der Waals surface area contributed by atoms with Gasteiger partial charge in [-0.2, -0.15) is 4.68 Å². The molecule has 0 aliphatic carbocycles. The van der Waals surface area contributed by atoms with Crippen LogP contribution in [0.5, 0.6) is 0 Å². The van der Waals surface area contributed by atoms with Gasteiger partial charge in [0.2, 0.25) is 10.0 Å². The van der Waals surface area contributed by atoms with Gasteiger partial charge in [-0.05, 0) is 35.9 Å². The number of hydrogen-bond donors (Lipinski definition) is 1. The maximum atomic E-state index is 12.6. The number of nitrogens with zero attached hydrogens (tertiary/aromatic N) is 3. The number of nitrogens with one attached hydrogen (secondary N) is 1. The molecule has 0 radical (unpaired) electrons. The molecule has 1 heterocycles. The molecule has 0 saturated heterocycles. The second kappa shape index (κ2) is 9.08. The number of fused-ring (bicyclic) bond motifs is 1. The van der Waals surface area contributed by atoms with Gasteiger partial charge < -0.3 is 4.74 Å². The van der Waals surface area contributed by atoms with Crippen LogP contribution < -0.4 is 10.3 Å². The fraction of sp³-hybridized carbons (Fsp3) is 0.0909. The lowest BCUT2D eigenvalue weighted by atomic mass is 10.2. The minimum atomic E-state index is -3.85. The fourth-order valence-corrected chi connectivity index (χ4v) is 4.02. The molecule has 9 nitrogen and oxygen atoms in total. The second-order valence-corrected chi connectivity index (χ2v) is 8.58.